The SMILES string of the molecule is C#CCN(CC(=O)O)c1ccccc1S(=O)(=O)NC(C)C. The van der Waals surface area contributed by atoms with Crippen molar-refractivity contribution in [2.75, 3.05) is 18.0 Å². The monoisotopic (exact) mass is 310 g/mol. The molecule has 0 aliphatic rings. The van der Waals surface area contributed by atoms with Gasteiger partial charge in [0.1, 0.15) is 11.4 Å². The average Bonchev–Trinajstić information content (AvgIpc) is 2.36. The molecule has 21 heavy (non-hydrogen) atoms. The molecule has 0 saturated carbocycles. The van der Waals surface area contributed by atoms with Crippen LogP contribution in [0.3, 0.4) is 0 Å². The number of hydrogen-bond acceptors (Lipinski definition) is 4. The van der Waals surface area contributed by atoms with E-state index in [1.165, 1.54) is 17.0 Å². The van der Waals surface area contributed by atoms with Crippen molar-refractivity contribution in [1.82, 2.24) is 4.72 Å². The zero-order chi connectivity index (χ0) is 16.0. The molecule has 0 atom stereocenters. The van der Waals surface area contributed by atoms with Crippen molar-refractivity contribution in [2.45, 2.75) is 24.8 Å². The maximum absolute atomic E-state index is 12.3. The Morgan fingerprint density at radius 1 is 1.43 bits per heavy atom. The predicted octanol–water partition coefficient (Wildman–Crippen LogP) is 0.897. The average molecular weight is 310 g/mol. The first kappa shape index (κ1) is 17.0. The number of nitrogens with zero attached hydrogens (tertiary/aromatic N) is 1. The molecule has 6 nitrogen and oxygen atoms in total. The van der Waals surface area contributed by atoms with Crippen LogP contribution in [-0.4, -0.2) is 38.6 Å². The summed E-state index contributed by atoms with van der Waals surface area (Å²) < 4.78 is 27.1. The molecule has 0 aliphatic heterocycles. The maximum atomic E-state index is 12.3. The van der Waals surface area contributed by atoms with Gasteiger partial charge in [-0.3, -0.25) is 4.79 Å². The second-order valence-corrected chi connectivity index (χ2v) is 6.38. The number of benzene rings is 1. The summed E-state index contributed by atoms with van der Waals surface area (Å²) in [4.78, 5) is 12.3. The molecule has 1 aromatic carbocycles. The number of hydrogen-bond donors (Lipinski definition) is 2. The Morgan fingerprint density at radius 3 is 2.57 bits per heavy atom. The van der Waals surface area contributed by atoms with Crippen LogP contribution in [0, 0.1) is 12.3 Å². The van der Waals surface area contributed by atoms with Gasteiger partial charge >= 0.3 is 5.97 Å². The van der Waals surface area contributed by atoms with E-state index in [1.807, 2.05) is 0 Å². The summed E-state index contributed by atoms with van der Waals surface area (Å²) in [6.07, 6.45) is 5.23. The molecule has 0 radical (unpaired) electrons. The zero-order valence-corrected chi connectivity index (χ0v) is 12.7. The Labute approximate surface area is 124 Å². The molecule has 1 aromatic rings. The van der Waals surface area contributed by atoms with Gasteiger partial charge in [0.15, 0.2) is 0 Å². The first-order chi connectivity index (χ1) is 9.77. The molecule has 0 saturated heterocycles. The van der Waals surface area contributed by atoms with Gasteiger partial charge in [0.05, 0.1) is 12.2 Å². The standard InChI is InChI=1S/C14H18N2O4S/c1-4-9-16(10-14(17)18)12-7-5-6-8-13(12)21(19,20)15-11(2)3/h1,5-8,11,15H,9-10H2,2-3H3,(H,17,18). The van der Waals surface area contributed by atoms with E-state index < -0.39 is 16.0 Å². The van der Waals surface area contributed by atoms with E-state index in [4.69, 9.17) is 11.5 Å². The van der Waals surface area contributed by atoms with E-state index in [0.29, 0.717) is 0 Å². The van der Waals surface area contributed by atoms with E-state index in [2.05, 4.69) is 10.6 Å². The van der Waals surface area contributed by atoms with E-state index in [9.17, 15) is 13.2 Å². The lowest BCUT2D eigenvalue weighted by atomic mass is 10.3. The molecule has 0 bridgehead atoms. The summed E-state index contributed by atoms with van der Waals surface area (Å²) in [5.41, 5.74) is 0.269. The fraction of sp³-hybridized carbons (Fsp3) is 0.357. The first-order valence-electron chi connectivity index (χ1n) is 6.29. The molecule has 0 aromatic heterocycles. The summed E-state index contributed by atoms with van der Waals surface area (Å²) in [7, 11) is -3.74. The molecule has 114 valence electrons. The smallest absolute Gasteiger partial charge is 0.323 e. The summed E-state index contributed by atoms with van der Waals surface area (Å²) in [6.45, 7) is 3.03. The van der Waals surface area contributed by atoms with Crippen molar-refractivity contribution in [1.29, 1.82) is 0 Å². The van der Waals surface area contributed by atoms with Gasteiger partial charge in [0.2, 0.25) is 10.0 Å². The number of carboxylic acid groups (broad SMARTS) is 1. The molecule has 0 heterocycles. The lowest BCUT2D eigenvalue weighted by Crippen LogP contribution is -2.34. The van der Waals surface area contributed by atoms with Crippen LogP contribution in [0.4, 0.5) is 5.69 Å². The van der Waals surface area contributed by atoms with Crippen LogP contribution in [0.2, 0.25) is 0 Å². The first-order valence-corrected chi connectivity index (χ1v) is 7.78. The number of para-hydroxylation sites is 1. The number of anilines is 1. The Hall–Kier alpha value is -2.04. The molecule has 0 unspecified atom stereocenters. The van der Waals surface area contributed by atoms with Crippen LogP contribution < -0.4 is 9.62 Å². The third-order valence-electron chi connectivity index (χ3n) is 2.49. The normalized spacial score (nSPS) is 11.1. The van der Waals surface area contributed by atoms with E-state index in [1.54, 1.807) is 26.0 Å². The van der Waals surface area contributed by atoms with E-state index in [0.717, 1.165) is 0 Å². The summed E-state index contributed by atoms with van der Waals surface area (Å²) >= 11 is 0. The number of carboxylic acids is 1. The Morgan fingerprint density at radius 2 is 2.05 bits per heavy atom. The molecular weight excluding hydrogens is 292 g/mol. The Balaban J connectivity index is 3.31. The molecule has 7 heteroatoms. The van der Waals surface area contributed by atoms with Gasteiger partial charge < -0.3 is 10.0 Å². The van der Waals surface area contributed by atoms with Crippen LogP contribution in [0.5, 0.6) is 0 Å². The van der Waals surface area contributed by atoms with Crippen molar-refractivity contribution >= 4 is 21.7 Å². The highest BCUT2D eigenvalue weighted by atomic mass is 32.2. The van der Waals surface area contributed by atoms with Gasteiger partial charge in [0.25, 0.3) is 0 Å². The van der Waals surface area contributed by atoms with Crippen molar-refractivity contribution in [3.63, 3.8) is 0 Å². The van der Waals surface area contributed by atoms with E-state index in [-0.39, 0.29) is 29.7 Å². The van der Waals surface area contributed by atoms with Gasteiger partial charge in [-0.1, -0.05) is 18.1 Å². The Kier molecular flexibility index (Phi) is 5.76. The number of rotatable bonds is 7. The molecular formula is C14H18N2O4S. The Bertz CT molecular complexity index is 647. The molecule has 0 aliphatic carbocycles. The number of nitrogens with one attached hydrogen (secondary N) is 1. The summed E-state index contributed by atoms with van der Waals surface area (Å²) in [5.74, 6) is 1.25. The van der Waals surface area contributed by atoms with Gasteiger partial charge in [-0.15, -0.1) is 6.42 Å². The maximum Gasteiger partial charge on any atom is 0.323 e. The third-order valence-corrected chi connectivity index (χ3v) is 4.20. The lowest BCUT2D eigenvalue weighted by Gasteiger charge is -2.23. The highest BCUT2D eigenvalue weighted by Crippen LogP contribution is 2.24. The van der Waals surface area contributed by atoms with Gasteiger partial charge in [-0.25, -0.2) is 13.1 Å². The number of sulfonamides is 1. The van der Waals surface area contributed by atoms with Crippen LogP contribution in [0.25, 0.3) is 0 Å². The van der Waals surface area contributed by atoms with Gasteiger partial charge in [-0.2, -0.15) is 0 Å². The van der Waals surface area contributed by atoms with Gasteiger partial charge in [0, 0.05) is 6.04 Å². The number of carbonyl (C=O) groups is 1. The minimum Gasteiger partial charge on any atom is -0.480 e. The van der Waals surface area contributed by atoms with Crippen LogP contribution >= 0.6 is 0 Å². The number of aliphatic carboxylic acids is 1. The van der Waals surface area contributed by atoms with Crippen molar-refractivity contribution < 1.29 is 18.3 Å². The topological polar surface area (TPSA) is 86.7 Å². The highest BCUT2D eigenvalue weighted by Gasteiger charge is 2.23. The zero-order valence-electron chi connectivity index (χ0n) is 11.9. The lowest BCUT2D eigenvalue weighted by molar-refractivity contribution is -0.135. The quantitative estimate of drug-likeness (QED) is 0.731. The van der Waals surface area contributed by atoms with Crippen molar-refractivity contribution in [2.24, 2.45) is 0 Å². The van der Waals surface area contributed by atoms with Crippen molar-refractivity contribution in [3.8, 4) is 12.3 Å². The minimum absolute atomic E-state index is 0.000508. The third kappa shape index (κ3) is 4.77. The van der Waals surface area contributed by atoms with Crippen LogP contribution in [0.15, 0.2) is 29.2 Å². The van der Waals surface area contributed by atoms with Crippen LogP contribution in [-0.2, 0) is 14.8 Å². The molecule has 0 amide bonds. The van der Waals surface area contributed by atoms with Crippen LogP contribution in [0.1, 0.15) is 13.8 Å². The fourth-order valence-corrected chi connectivity index (χ4v) is 3.30. The van der Waals surface area contributed by atoms with Crippen molar-refractivity contribution in [3.05, 3.63) is 24.3 Å². The number of terminal acetylenes is 1. The molecule has 0 fully saturated rings. The minimum atomic E-state index is -3.74. The van der Waals surface area contributed by atoms with Gasteiger partial charge in [-0.05, 0) is 26.0 Å². The molecule has 0 spiro atoms. The summed E-state index contributed by atoms with van der Waals surface area (Å²) in [6, 6.07) is 5.90. The second-order valence-electron chi connectivity index (χ2n) is 4.70. The predicted molar refractivity (Wildman–Crippen MR) is 80.6 cm³/mol. The van der Waals surface area contributed by atoms with E-state index >= 15 is 0 Å². The largest absolute Gasteiger partial charge is 0.480 e. The highest BCUT2D eigenvalue weighted by molar-refractivity contribution is 7.89. The molecule has 1 rings (SSSR count). The summed E-state index contributed by atoms with van der Waals surface area (Å²) in [5, 5.41) is 8.94. The fourth-order valence-electron chi connectivity index (χ4n) is 1.82. The second kappa shape index (κ2) is 7.11. The molecule has 2 N–H and O–H groups in total.